The van der Waals surface area contributed by atoms with Crippen LogP contribution in [0.25, 0.3) is 11.1 Å². The van der Waals surface area contributed by atoms with Crippen LogP contribution in [0.4, 0.5) is 6.01 Å². The summed E-state index contributed by atoms with van der Waals surface area (Å²) in [6, 6.07) is 7.66. The van der Waals surface area contributed by atoms with E-state index in [2.05, 4.69) is 10.3 Å². The van der Waals surface area contributed by atoms with Gasteiger partial charge in [-0.3, -0.25) is 0 Å². The van der Waals surface area contributed by atoms with Crippen molar-refractivity contribution in [3.8, 4) is 0 Å². The van der Waals surface area contributed by atoms with Gasteiger partial charge in [0.2, 0.25) is 0 Å². The van der Waals surface area contributed by atoms with Gasteiger partial charge < -0.3 is 19.9 Å². The number of para-hydroxylation sites is 2. The number of anilines is 1. The predicted molar refractivity (Wildman–Crippen MR) is 60.2 cm³/mol. The molecule has 0 amide bonds. The van der Waals surface area contributed by atoms with Crippen LogP contribution in [0, 0.1) is 0 Å². The van der Waals surface area contributed by atoms with Crippen LogP contribution in [0.1, 0.15) is 6.92 Å². The molecule has 0 spiro atoms. The highest BCUT2D eigenvalue weighted by atomic mass is 16.4. The van der Waals surface area contributed by atoms with Crippen molar-refractivity contribution in [3.63, 3.8) is 0 Å². The molecule has 0 aliphatic rings. The molecule has 0 bridgehead atoms. The number of nitrogens with one attached hydrogen (secondary N) is 1. The first-order valence-corrected chi connectivity index (χ1v) is 5.02. The van der Waals surface area contributed by atoms with Crippen molar-refractivity contribution in [3.05, 3.63) is 24.3 Å². The molecule has 0 fully saturated rings. The van der Waals surface area contributed by atoms with Gasteiger partial charge in [0.1, 0.15) is 5.52 Å². The Kier molecular flexibility index (Phi) is 2.80. The number of nitrogens with zero attached hydrogens (tertiary/aromatic N) is 1. The largest absolute Gasteiger partial charge is 0.424 e. The van der Waals surface area contributed by atoms with Gasteiger partial charge in [0, 0.05) is 0 Å². The maximum absolute atomic E-state index is 9.13. The molecule has 1 aromatic carbocycles. The van der Waals surface area contributed by atoms with Gasteiger partial charge in [-0.25, -0.2) is 0 Å². The van der Waals surface area contributed by atoms with E-state index in [-0.39, 0.29) is 13.2 Å². The highest BCUT2D eigenvalue weighted by Gasteiger charge is 2.24. The van der Waals surface area contributed by atoms with Crippen molar-refractivity contribution < 1.29 is 14.6 Å². The van der Waals surface area contributed by atoms with Crippen LogP contribution in [0.15, 0.2) is 28.7 Å². The first-order valence-electron chi connectivity index (χ1n) is 5.02. The number of aromatic nitrogens is 1. The summed E-state index contributed by atoms with van der Waals surface area (Å²) in [4.78, 5) is 4.19. The molecule has 0 aliphatic carbocycles. The van der Waals surface area contributed by atoms with Crippen LogP contribution in [0.3, 0.4) is 0 Å². The fourth-order valence-electron chi connectivity index (χ4n) is 1.31. The molecule has 86 valence electrons. The van der Waals surface area contributed by atoms with E-state index in [1.54, 1.807) is 6.92 Å². The lowest BCUT2D eigenvalue weighted by Gasteiger charge is -2.24. The molecule has 5 nitrogen and oxygen atoms in total. The summed E-state index contributed by atoms with van der Waals surface area (Å²) in [5, 5.41) is 21.1. The summed E-state index contributed by atoms with van der Waals surface area (Å²) >= 11 is 0. The fourth-order valence-corrected chi connectivity index (χ4v) is 1.31. The number of rotatable bonds is 4. The number of benzene rings is 1. The second-order valence-electron chi connectivity index (χ2n) is 3.99. The Labute approximate surface area is 92.7 Å². The van der Waals surface area contributed by atoms with Crippen molar-refractivity contribution in [2.24, 2.45) is 0 Å². The van der Waals surface area contributed by atoms with Crippen LogP contribution in [0.5, 0.6) is 0 Å². The normalized spacial score (nSPS) is 11.9. The van der Waals surface area contributed by atoms with Crippen LogP contribution in [0.2, 0.25) is 0 Å². The van der Waals surface area contributed by atoms with Crippen molar-refractivity contribution in [1.82, 2.24) is 4.98 Å². The van der Waals surface area contributed by atoms with Crippen LogP contribution in [-0.2, 0) is 0 Å². The van der Waals surface area contributed by atoms with Gasteiger partial charge in [0.25, 0.3) is 6.01 Å². The van der Waals surface area contributed by atoms with Gasteiger partial charge in [-0.15, -0.1) is 0 Å². The third-order valence-electron chi connectivity index (χ3n) is 2.40. The monoisotopic (exact) mass is 222 g/mol. The standard InChI is InChI=1S/C11H14N2O3/c1-11(6-14,7-15)13-10-12-8-4-2-3-5-9(8)16-10/h2-5,14-15H,6-7H2,1H3,(H,12,13). The highest BCUT2D eigenvalue weighted by Crippen LogP contribution is 2.20. The molecule has 0 saturated heterocycles. The first-order chi connectivity index (χ1) is 7.67. The Hall–Kier alpha value is -1.59. The number of aliphatic hydroxyl groups excluding tert-OH is 2. The second kappa shape index (κ2) is 4.11. The lowest BCUT2D eigenvalue weighted by atomic mass is 10.1. The molecular weight excluding hydrogens is 208 g/mol. The molecular formula is C11H14N2O3. The Bertz CT molecular complexity index is 444. The molecule has 0 unspecified atom stereocenters. The van der Waals surface area contributed by atoms with E-state index >= 15 is 0 Å². The fraction of sp³-hybridized carbons (Fsp3) is 0.364. The topological polar surface area (TPSA) is 78.5 Å². The highest BCUT2D eigenvalue weighted by molar-refractivity contribution is 5.74. The Balaban J connectivity index is 2.27. The van der Waals surface area contributed by atoms with Crippen molar-refractivity contribution >= 4 is 17.1 Å². The minimum atomic E-state index is -0.832. The van der Waals surface area contributed by atoms with E-state index in [1.165, 1.54) is 0 Å². The quantitative estimate of drug-likeness (QED) is 0.718. The predicted octanol–water partition coefficient (Wildman–Crippen LogP) is 0.983. The maximum atomic E-state index is 9.13. The lowest BCUT2D eigenvalue weighted by molar-refractivity contribution is 0.145. The van der Waals surface area contributed by atoms with E-state index < -0.39 is 5.54 Å². The number of fused-ring (bicyclic) bond motifs is 1. The number of hydrogen-bond acceptors (Lipinski definition) is 5. The molecule has 1 heterocycles. The van der Waals surface area contributed by atoms with E-state index in [9.17, 15) is 0 Å². The summed E-state index contributed by atoms with van der Waals surface area (Å²) in [7, 11) is 0. The Morgan fingerprint density at radius 3 is 2.62 bits per heavy atom. The number of aliphatic hydroxyl groups is 2. The summed E-state index contributed by atoms with van der Waals surface area (Å²) in [5.41, 5.74) is 0.576. The second-order valence-corrected chi connectivity index (χ2v) is 3.99. The summed E-state index contributed by atoms with van der Waals surface area (Å²) in [5.74, 6) is 0. The molecule has 1 aromatic heterocycles. The van der Waals surface area contributed by atoms with Gasteiger partial charge in [0.05, 0.1) is 18.8 Å². The third kappa shape index (κ3) is 2.00. The average Bonchev–Trinajstić information content (AvgIpc) is 2.70. The molecule has 3 N–H and O–H groups in total. The SMILES string of the molecule is CC(CO)(CO)Nc1nc2ccccc2o1. The minimum absolute atomic E-state index is 0.206. The molecule has 0 atom stereocenters. The van der Waals surface area contributed by atoms with Crippen molar-refractivity contribution in [1.29, 1.82) is 0 Å². The summed E-state index contributed by atoms with van der Waals surface area (Å²) in [6.07, 6.45) is 0. The zero-order chi connectivity index (χ0) is 11.6. The molecule has 2 rings (SSSR count). The summed E-state index contributed by atoms with van der Waals surface area (Å²) < 4.78 is 5.42. The molecule has 2 aromatic rings. The smallest absolute Gasteiger partial charge is 0.296 e. The molecule has 0 aliphatic heterocycles. The van der Waals surface area contributed by atoms with Gasteiger partial charge in [-0.05, 0) is 19.1 Å². The third-order valence-corrected chi connectivity index (χ3v) is 2.40. The molecule has 5 heteroatoms. The molecule has 0 radical (unpaired) electrons. The van der Waals surface area contributed by atoms with Gasteiger partial charge in [-0.1, -0.05) is 12.1 Å². The van der Waals surface area contributed by atoms with E-state index in [4.69, 9.17) is 14.6 Å². The van der Waals surface area contributed by atoms with Crippen LogP contribution in [-0.4, -0.2) is 33.9 Å². The zero-order valence-corrected chi connectivity index (χ0v) is 8.97. The summed E-state index contributed by atoms with van der Waals surface area (Å²) in [6.45, 7) is 1.27. The van der Waals surface area contributed by atoms with E-state index in [0.29, 0.717) is 11.6 Å². The average molecular weight is 222 g/mol. The molecule has 16 heavy (non-hydrogen) atoms. The van der Waals surface area contributed by atoms with Crippen molar-refractivity contribution in [2.45, 2.75) is 12.5 Å². The van der Waals surface area contributed by atoms with Crippen LogP contribution < -0.4 is 5.32 Å². The van der Waals surface area contributed by atoms with Gasteiger partial charge in [-0.2, -0.15) is 4.98 Å². The maximum Gasteiger partial charge on any atom is 0.296 e. The van der Waals surface area contributed by atoms with Gasteiger partial charge >= 0.3 is 0 Å². The lowest BCUT2D eigenvalue weighted by Crippen LogP contribution is -2.42. The number of hydrogen-bond donors (Lipinski definition) is 3. The molecule has 0 saturated carbocycles. The van der Waals surface area contributed by atoms with E-state index in [0.717, 1.165) is 5.52 Å². The minimum Gasteiger partial charge on any atom is -0.424 e. The first kappa shape index (κ1) is 10.9. The van der Waals surface area contributed by atoms with Crippen LogP contribution >= 0.6 is 0 Å². The van der Waals surface area contributed by atoms with Gasteiger partial charge in [0.15, 0.2) is 5.58 Å². The zero-order valence-electron chi connectivity index (χ0n) is 8.97. The Morgan fingerprint density at radius 2 is 2.00 bits per heavy atom. The Morgan fingerprint density at radius 1 is 1.31 bits per heavy atom. The number of oxazole rings is 1. The van der Waals surface area contributed by atoms with E-state index in [1.807, 2.05) is 24.3 Å². The van der Waals surface area contributed by atoms with Crippen molar-refractivity contribution in [2.75, 3.05) is 18.5 Å².